The Kier molecular flexibility index (Phi) is 2.74. The van der Waals surface area contributed by atoms with E-state index in [-0.39, 0.29) is 6.04 Å². The quantitative estimate of drug-likeness (QED) is 0.798. The summed E-state index contributed by atoms with van der Waals surface area (Å²) in [4.78, 5) is 0. The molecular weight excluding hydrogens is 232 g/mol. The molecule has 0 bridgehead atoms. The van der Waals surface area contributed by atoms with Crippen LogP contribution in [0.3, 0.4) is 0 Å². The minimum Gasteiger partial charge on any atom is -0.376 e. The third-order valence-corrected chi connectivity index (χ3v) is 3.36. The van der Waals surface area contributed by atoms with E-state index < -0.39 is 11.6 Å². The van der Waals surface area contributed by atoms with Crippen LogP contribution in [0.5, 0.6) is 0 Å². The highest BCUT2D eigenvalue weighted by molar-refractivity contribution is 5.56. The SMILES string of the molecule is Fc1cc(F)c2c(c1)CCC(c1ccccc1)N2. The van der Waals surface area contributed by atoms with E-state index >= 15 is 0 Å². The summed E-state index contributed by atoms with van der Waals surface area (Å²) in [6.07, 6.45) is 1.54. The molecule has 0 saturated carbocycles. The number of hydrogen-bond acceptors (Lipinski definition) is 1. The third-order valence-electron chi connectivity index (χ3n) is 3.36. The fourth-order valence-corrected chi connectivity index (χ4v) is 2.47. The van der Waals surface area contributed by atoms with Crippen LogP contribution in [-0.4, -0.2) is 0 Å². The molecule has 2 aromatic rings. The van der Waals surface area contributed by atoms with Gasteiger partial charge in [0.05, 0.1) is 11.7 Å². The highest BCUT2D eigenvalue weighted by atomic mass is 19.1. The molecule has 0 saturated heterocycles. The van der Waals surface area contributed by atoms with Crippen molar-refractivity contribution in [2.45, 2.75) is 18.9 Å². The molecule has 1 nitrogen and oxygen atoms in total. The van der Waals surface area contributed by atoms with Crippen LogP contribution in [0.25, 0.3) is 0 Å². The van der Waals surface area contributed by atoms with Gasteiger partial charge in [-0.3, -0.25) is 0 Å². The lowest BCUT2D eigenvalue weighted by atomic mass is 9.93. The Balaban J connectivity index is 1.94. The van der Waals surface area contributed by atoms with Crippen LogP contribution in [0, 0.1) is 11.6 Å². The minimum absolute atomic E-state index is 0.0960. The molecule has 0 aromatic heterocycles. The number of rotatable bonds is 1. The van der Waals surface area contributed by atoms with Crippen molar-refractivity contribution in [3.63, 3.8) is 0 Å². The maximum Gasteiger partial charge on any atom is 0.149 e. The van der Waals surface area contributed by atoms with Gasteiger partial charge in [-0.25, -0.2) is 8.78 Å². The van der Waals surface area contributed by atoms with Gasteiger partial charge in [0.15, 0.2) is 0 Å². The standard InChI is InChI=1S/C15H13F2N/c16-12-8-11-6-7-14(10-4-2-1-3-5-10)18-15(11)13(17)9-12/h1-5,8-9,14,18H,6-7H2. The molecule has 1 heterocycles. The maximum absolute atomic E-state index is 13.7. The monoisotopic (exact) mass is 245 g/mol. The average molecular weight is 245 g/mol. The number of nitrogens with one attached hydrogen (secondary N) is 1. The summed E-state index contributed by atoms with van der Waals surface area (Å²) in [7, 11) is 0. The summed E-state index contributed by atoms with van der Waals surface area (Å²) in [5.41, 5.74) is 2.29. The van der Waals surface area contributed by atoms with Crippen LogP contribution in [0.1, 0.15) is 23.6 Å². The zero-order chi connectivity index (χ0) is 12.5. The highest BCUT2D eigenvalue weighted by Gasteiger charge is 2.22. The van der Waals surface area contributed by atoms with Crippen molar-refractivity contribution in [2.75, 3.05) is 5.32 Å². The van der Waals surface area contributed by atoms with Gasteiger partial charge in [0.1, 0.15) is 11.6 Å². The Morgan fingerprint density at radius 1 is 1.06 bits per heavy atom. The van der Waals surface area contributed by atoms with Crippen LogP contribution in [0.4, 0.5) is 14.5 Å². The summed E-state index contributed by atoms with van der Waals surface area (Å²) in [5.74, 6) is -1.02. The van der Waals surface area contributed by atoms with E-state index in [1.807, 2.05) is 30.3 Å². The second-order valence-electron chi connectivity index (χ2n) is 4.57. The zero-order valence-electron chi connectivity index (χ0n) is 9.79. The lowest BCUT2D eigenvalue weighted by molar-refractivity contribution is 0.566. The average Bonchev–Trinajstić information content (AvgIpc) is 2.39. The van der Waals surface area contributed by atoms with Gasteiger partial charge in [-0.05, 0) is 30.0 Å². The molecule has 0 aliphatic carbocycles. The molecule has 3 rings (SSSR count). The van der Waals surface area contributed by atoms with Gasteiger partial charge in [-0.2, -0.15) is 0 Å². The van der Waals surface area contributed by atoms with E-state index in [1.165, 1.54) is 6.07 Å². The van der Waals surface area contributed by atoms with Crippen LogP contribution >= 0.6 is 0 Å². The molecule has 0 amide bonds. The van der Waals surface area contributed by atoms with Gasteiger partial charge in [0, 0.05) is 6.07 Å². The first-order valence-corrected chi connectivity index (χ1v) is 6.03. The lowest BCUT2D eigenvalue weighted by Gasteiger charge is -2.27. The smallest absolute Gasteiger partial charge is 0.149 e. The number of anilines is 1. The Labute approximate surface area is 104 Å². The molecule has 1 aliphatic heterocycles. The molecule has 0 radical (unpaired) electrons. The molecule has 1 aliphatic rings. The van der Waals surface area contributed by atoms with Crippen LogP contribution in [-0.2, 0) is 6.42 Å². The van der Waals surface area contributed by atoms with Crippen molar-refractivity contribution in [3.8, 4) is 0 Å². The predicted molar refractivity (Wildman–Crippen MR) is 67.5 cm³/mol. The number of aryl methyl sites for hydroxylation is 1. The molecule has 92 valence electrons. The van der Waals surface area contributed by atoms with Gasteiger partial charge in [-0.1, -0.05) is 30.3 Å². The van der Waals surface area contributed by atoms with E-state index in [0.29, 0.717) is 12.1 Å². The van der Waals surface area contributed by atoms with Crippen LogP contribution in [0.2, 0.25) is 0 Å². The summed E-state index contributed by atoms with van der Waals surface area (Å²) in [6, 6.07) is 12.4. The van der Waals surface area contributed by atoms with Gasteiger partial charge in [0.2, 0.25) is 0 Å². The second-order valence-corrected chi connectivity index (χ2v) is 4.57. The first kappa shape index (κ1) is 11.2. The molecule has 1 N–H and O–H groups in total. The van der Waals surface area contributed by atoms with E-state index in [0.717, 1.165) is 23.6 Å². The second kappa shape index (κ2) is 4.41. The third kappa shape index (κ3) is 1.96. The van der Waals surface area contributed by atoms with E-state index in [1.54, 1.807) is 0 Å². The predicted octanol–water partition coefficient (Wildman–Crippen LogP) is 4.06. The maximum atomic E-state index is 13.7. The van der Waals surface area contributed by atoms with Crippen LogP contribution in [0.15, 0.2) is 42.5 Å². The Hall–Kier alpha value is -1.90. The molecule has 0 fully saturated rings. The van der Waals surface area contributed by atoms with Crippen molar-refractivity contribution < 1.29 is 8.78 Å². The van der Waals surface area contributed by atoms with Crippen LogP contribution < -0.4 is 5.32 Å². The summed E-state index contributed by atoms with van der Waals surface area (Å²) < 4.78 is 26.8. The first-order chi connectivity index (χ1) is 8.74. The van der Waals surface area contributed by atoms with E-state index in [2.05, 4.69) is 5.32 Å². The number of hydrogen-bond donors (Lipinski definition) is 1. The number of fused-ring (bicyclic) bond motifs is 1. The van der Waals surface area contributed by atoms with Crippen molar-refractivity contribution in [1.82, 2.24) is 0 Å². The minimum atomic E-state index is -0.509. The fourth-order valence-electron chi connectivity index (χ4n) is 2.47. The van der Waals surface area contributed by atoms with E-state index in [4.69, 9.17) is 0 Å². The molecule has 3 heteroatoms. The summed E-state index contributed by atoms with van der Waals surface area (Å²) in [5, 5.41) is 3.17. The molecule has 18 heavy (non-hydrogen) atoms. The molecular formula is C15H13F2N. The van der Waals surface area contributed by atoms with Gasteiger partial charge in [-0.15, -0.1) is 0 Å². The zero-order valence-corrected chi connectivity index (χ0v) is 9.79. The molecule has 2 aromatic carbocycles. The molecule has 1 unspecified atom stereocenters. The van der Waals surface area contributed by atoms with Gasteiger partial charge in [0.25, 0.3) is 0 Å². The van der Waals surface area contributed by atoms with Gasteiger partial charge < -0.3 is 5.32 Å². The van der Waals surface area contributed by atoms with Crippen molar-refractivity contribution in [1.29, 1.82) is 0 Å². The largest absolute Gasteiger partial charge is 0.376 e. The van der Waals surface area contributed by atoms with E-state index in [9.17, 15) is 8.78 Å². The molecule has 1 atom stereocenters. The van der Waals surface area contributed by atoms with Gasteiger partial charge >= 0.3 is 0 Å². The molecule has 0 spiro atoms. The number of halogens is 2. The Bertz CT molecular complexity index is 566. The summed E-state index contributed by atoms with van der Waals surface area (Å²) >= 11 is 0. The first-order valence-electron chi connectivity index (χ1n) is 6.03. The Morgan fingerprint density at radius 2 is 1.83 bits per heavy atom. The lowest BCUT2D eigenvalue weighted by Crippen LogP contribution is -2.19. The number of benzene rings is 2. The van der Waals surface area contributed by atoms with Crippen molar-refractivity contribution >= 4 is 5.69 Å². The topological polar surface area (TPSA) is 12.0 Å². The Morgan fingerprint density at radius 3 is 2.61 bits per heavy atom. The van der Waals surface area contributed by atoms with Crippen molar-refractivity contribution in [3.05, 3.63) is 65.2 Å². The fraction of sp³-hybridized carbons (Fsp3) is 0.200. The highest BCUT2D eigenvalue weighted by Crippen LogP contribution is 2.34. The summed E-state index contributed by atoms with van der Waals surface area (Å²) in [6.45, 7) is 0. The van der Waals surface area contributed by atoms with Crippen molar-refractivity contribution in [2.24, 2.45) is 0 Å². The normalized spacial score (nSPS) is 18.0.